The van der Waals surface area contributed by atoms with Crippen LogP contribution in [0.15, 0.2) is 33.5 Å². The van der Waals surface area contributed by atoms with Crippen molar-refractivity contribution in [3.63, 3.8) is 0 Å². The van der Waals surface area contributed by atoms with E-state index in [1.54, 1.807) is 12.1 Å². The number of hydrogen-bond acceptors (Lipinski definition) is 4. The minimum absolute atomic E-state index is 0.0207. The Bertz CT molecular complexity index is 708. The van der Waals surface area contributed by atoms with Crippen molar-refractivity contribution in [2.75, 3.05) is 31.3 Å². The van der Waals surface area contributed by atoms with Gasteiger partial charge in [0.25, 0.3) is 0 Å². The SMILES string of the molecule is O=C(O)c1cc2ccc(N(CCF)CCF)cc2oc1=O. The van der Waals surface area contributed by atoms with Crippen LogP contribution in [0.4, 0.5) is 14.5 Å². The smallest absolute Gasteiger partial charge is 0.351 e. The highest BCUT2D eigenvalue weighted by molar-refractivity contribution is 5.92. The molecule has 21 heavy (non-hydrogen) atoms. The molecule has 5 nitrogen and oxygen atoms in total. The van der Waals surface area contributed by atoms with E-state index < -0.39 is 30.5 Å². The quantitative estimate of drug-likeness (QED) is 0.828. The molecule has 2 aromatic rings. The van der Waals surface area contributed by atoms with Crippen LogP contribution in [0.25, 0.3) is 11.0 Å². The Morgan fingerprint density at radius 2 is 1.86 bits per heavy atom. The number of carboxylic acid groups (broad SMARTS) is 1. The Balaban J connectivity index is 2.48. The number of carboxylic acids is 1. The lowest BCUT2D eigenvalue weighted by Gasteiger charge is -2.22. The molecule has 0 spiro atoms. The van der Waals surface area contributed by atoms with Gasteiger partial charge in [-0.3, -0.25) is 0 Å². The van der Waals surface area contributed by atoms with Crippen LogP contribution in [0.5, 0.6) is 0 Å². The highest BCUT2D eigenvalue weighted by Gasteiger charge is 2.13. The number of halogens is 2. The Labute approximate surface area is 118 Å². The van der Waals surface area contributed by atoms with Gasteiger partial charge in [0.15, 0.2) is 0 Å². The number of rotatable bonds is 6. The first kappa shape index (κ1) is 15.0. The fourth-order valence-electron chi connectivity index (χ4n) is 2.02. The summed E-state index contributed by atoms with van der Waals surface area (Å²) in [5.41, 5.74) is -0.747. The van der Waals surface area contributed by atoms with E-state index in [4.69, 9.17) is 9.52 Å². The molecule has 0 atom stereocenters. The normalized spacial score (nSPS) is 10.8. The van der Waals surface area contributed by atoms with Gasteiger partial charge >= 0.3 is 11.6 Å². The lowest BCUT2D eigenvalue weighted by atomic mass is 10.1. The molecular formula is C14H13F2NO4. The summed E-state index contributed by atoms with van der Waals surface area (Å²) in [7, 11) is 0. The number of fused-ring (bicyclic) bond motifs is 1. The second kappa shape index (κ2) is 6.34. The van der Waals surface area contributed by atoms with Gasteiger partial charge in [0.2, 0.25) is 0 Å². The summed E-state index contributed by atoms with van der Waals surface area (Å²) in [6.45, 7) is -1.24. The van der Waals surface area contributed by atoms with Crippen LogP contribution in [0.3, 0.4) is 0 Å². The summed E-state index contributed by atoms with van der Waals surface area (Å²) >= 11 is 0. The van der Waals surface area contributed by atoms with Gasteiger partial charge in [-0.15, -0.1) is 0 Å². The monoisotopic (exact) mass is 297 g/mol. The van der Waals surface area contributed by atoms with Crippen LogP contribution in [0.1, 0.15) is 10.4 Å². The van der Waals surface area contributed by atoms with Crippen molar-refractivity contribution in [3.8, 4) is 0 Å². The zero-order valence-electron chi connectivity index (χ0n) is 11.0. The molecule has 0 amide bonds. The molecule has 1 heterocycles. The lowest BCUT2D eigenvalue weighted by molar-refractivity contribution is 0.0692. The van der Waals surface area contributed by atoms with Gasteiger partial charge < -0.3 is 14.4 Å². The van der Waals surface area contributed by atoms with Gasteiger partial charge in [0, 0.05) is 30.2 Å². The third-order valence-electron chi connectivity index (χ3n) is 3.02. The Kier molecular flexibility index (Phi) is 4.52. The number of hydrogen-bond donors (Lipinski definition) is 1. The van der Waals surface area contributed by atoms with Gasteiger partial charge in [-0.25, -0.2) is 18.4 Å². The van der Waals surface area contributed by atoms with Crippen LogP contribution >= 0.6 is 0 Å². The minimum Gasteiger partial charge on any atom is -0.477 e. The molecule has 0 saturated heterocycles. The Morgan fingerprint density at radius 3 is 2.43 bits per heavy atom. The zero-order valence-corrected chi connectivity index (χ0v) is 11.0. The molecular weight excluding hydrogens is 284 g/mol. The molecule has 0 fully saturated rings. The highest BCUT2D eigenvalue weighted by atomic mass is 19.1. The number of aromatic carboxylic acids is 1. The summed E-state index contributed by atoms with van der Waals surface area (Å²) in [5, 5.41) is 9.28. The molecule has 0 aliphatic heterocycles. The van der Waals surface area contributed by atoms with Crippen LogP contribution in [-0.2, 0) is 0 Å². The second-order valence-electron chi connectivity index (χ2n) is 4.34. The molecule has 0 aliphatic rings. The Hall–Kier alpha value is -2.44. The van der Waals surface area contributed by atoms with Crippen LogP contribution in [0.2, 0.25) is 0 Å². The van der Waals surface area contributed by atoms with E-state index in [-0.39, 0.29) is 18.7 Å². The average Bonchev–Trinajstić information content (AvgIpc) is 2.45. The number of nitrogens with zero attached hydrogens (tertiary/aromatic N) is 1. The van der Waals surface area contributed by atoms with E-state index in [1.165, 1.54) is 17.0 Å². The topological polar surface area (TPSA) is 70.8 Å². The number of carbonyl (C=O) groups is 1. The maximum Gasteiger partial charge on any atom is 0.351 e. The molecule has 1 N–H and O–H groups in total. The predicted molar refractivity (Wildman–Crippen MR) is 73.6 cm³/mol. The molecule has 0 radical (unpaired) electrons. The maximum absolute atomic E-state index is 12.5. The molecule has 0 bridgehead atoms. The number of anilines is 1. The highest BCUT2D eigenvalue weighted by Crippen LogP contribution is 2.22. The first-order chi connectivity index (χ1) is 10.1. The number of benzene rings is 1. The fraction of sp³-hybridized carbons (Fsp3) is 0.286. The van der Waals surface area contributed by atoms with Crippen molar-refractivity contribution in [1.82, 2.24) is 0 Å². The summed E-state index contributed by atoms with van der Waals surface area (Å²) < 4.78 is 29.9. The van der Waals surface area contributed by atoms with Crippen molar-refractivity contribution in [1.29, 1.82) is 0 Å². The molecule has 0 aliphatic carbocycles. The van der Waals surface area contributed by atoms with E-state index in [0.717, 1.165) is 0 Å². The first-order valence-electron chi connectivity index (χ1n) is 6.25. The third kappa shape index (κ3) is 3.18. The summed E-state index contributed by atoms with van der Waals surface area (Å²) in [5.74, 6) is -1.37. The molecule has 1 aromatic carbocycles. The molecule has 112 valence electrons. The third-order valence-corrected chi connectivity index (χ3v) is 3.02. The van der Waals surface area contributed by atoms with Crippen LogP contribution in [0, 0.1) is 0 Å². The van der Waals surface area contributed by atoms with Crippen LogP contribution < -0.4 is 10.5 Å². The molecule has 0 unspecified atom stereocenters. The Morgan fingerprint density at radius 1 is 1.19 bits per heavy atom. The van der Waals surface area contributed by atoms with Gasteiger partial charge in [-0.2, -0.15) is 0 Å². The average molecular weight is 297 g/mol. The van der Waals surface area contributed by atoms with E-state index in [0.29, 0.717) is 11.1 Å². The lowest BCUT2D eigenvalue weighted by Crippen LogP contribution is -2.27. The fourth-order valence-corrected chi connectivity index (χ4v) is 2.02. The van der Waals surface area contributed by atoms with Gasteiger partial charge in [-0.05, 0) is 18.2 Å². The maximum atomic E-state index is 12.5. The molecule has 1 aromatic heterocycles. The zero-order chi connectivity index (χ0) is 15.4. The van der Waals surface area contributed by atoms with Crippen LogP contribution in [-0.4, -0.2) is 37.5 Å². The summed E-state index contributed by atoms with van der Waals surface area (Å²) in [6.07, 6.45) is 0. The largest absolute Gasteiger partial charge is 0.477 e. The summed E-state index contributed by atoms with van der Waals surface area (Å²) in [4.78, 5) is 23.9. The molecule has 0 saturated carbocycles. The minimum atomic E-state index is -1.37. The van der Waals surface area contributed by atoms with Crippen molar-refractivity contribution in [3.05, 3.63) is 40.2 Å². The van der Waals surface area contributed by atoms with Crippen molar-refractivity contribution < 1.29 is 23.1 Å². The predicted octanol–water partition coefficient (Wildman–Crippen LogP) is 2.24. The first-order valence-corrected chi connectivity index (χ1v) is 6.25. The van der Waals surface area contributed by atoms with E-state index in [2.05, 4.69) is 0 Å². The van der Waals surface area contributed by atoms with E-state index in [9.17, 15) is 18.4 Å². The number of alkyl halides is 2. The van der Waals surface area contributed by atoms with Gasteiger partial charge in [0.05, 0.1) is 0 Å². The van der Waals surface area contributed by atoms with E-state index >= 15 is 0 Å². The summed E-state index contributed by atoms with van der Waals surface area (Å²) in [6, 6.07) is 5.82. The van der Waals surface area contributed by atoms with E-state index in [1.807, 2.05) is 0 Å². The molecule has 7 heteroatoms. The van der Waals surface area contributed by atoms with Crippen molar-refractivity contribution in [2.24, 2.45) is 0 Å². The van der Waals surface area contributed by atoms with Gasteiger partial charge in [0.1, 0.15) is 24.5 Å². The molecule has 2 rings (SSSR count). The van der Waals surface area contributed by atoms with Gasteiger partial charge in [-0.1, -0.05) is 0 Å². The van der Waals surface area contributed by atoms with Crippen molar-refractivity contribution in [2.45, 2.75) is 0 Å². The second-order valence-corrected chi connectivity index (χ2v) is 4.34. The van der Waals surface area contributed by atoms with Crippen molar-refractivity contribution >= 4 is 22.6 Å². The standard InChI is InChI=1S/C14H13F2NO4/c15-3-5-17(6-4-16)10-2-1-9-7-11(13(18)19)14(20)21-12(9)8-10/h1-2,7-8H,3-6H2,(H,18,19).